The summed E-state index contributed by atoms with van der Waals surface area (Å²) in [6.45, 7) is 0. The second-order valence-electron chi connectivity index (χ2n) is 6.98. The summed E-state index contributed by atoms with van der Waals surface area (Å²) in [7, 11) is 1.33. The van der Waals surface area contributed by atoms with Gasteiger partial charge in [-0.05, 0) is 61.7 Å². The summed E-state index contributed by atoms with van der Waals surface area (Å²) >= 11 is 16.9. The molecule has 4 aliphatic carbocycles. The van der Waals surface area contributed by atoms with Gasteiger partial charge in [-0.1, -0.05) is 34.8 Å². The predicted molar refractivity (Wildman–Crippen MR) is 84.8 cm³/mol. The van der Waals surface area contributed by atoms with Crippen LogP contribution in [0.2, 0.25) is 0 Å². The number of halogens is 3. The van der Waals surface area contributed by atoms with Gasteiger partial charge in [0.1, 0.15) is 6.04 Å². The molecular weight excluding hydrogens is 349 g/mol. The van der Waals surface area contributed by atoms with Crippen molar-refractivity contribution in [2.75, 3.05) is 7.11 Å². The largest absolute Gasteiger partial charge is 0.467 e. The molecule has 0 aromatic carbocycles. The second kappa shape index (κ2) is 6.03. The van der Waals surface area contributed by atoms with Gasteiger partial charge in [0, 0.05) is 0 Å². The number of rotatable bonds is 3. The first kappa shape index (κ1) is 16.7. The molecule has 7 heteroatoms. The Morgan fingerprint density at radius 2 is 1.55 bits per heavy atom. The highest BCUT2D eigenvalue weighted by atomic mass is 35.6. The summed E-state index contributed by atoms with van der Waals surface area (Å²) in [4.78, 5) is 24.2. The highest BCUT2D eigenvalue weighted by molar-refractivity contribution is 6.76. The Hall–Kier alpha value is -0.190. The molecule has 0 unspecified atom stereocenters. The zero-order valence-corrected chi connectivity index (χ0v) is 14.6. The number of carbonyl (C=O) groups is 2. The molecule has 4 rings (SSSR count). The third-order valence-electron chi connectivity index (χ3n) is 5.68. The van der Waals surface area contributed by atoms with Crippen molar-refractivity contribution in [3.63, 3.8) is 0 Å². The molecule has 22 heavy (non-hydrogen) atoms. The third-order valence-corrected chi connectivity index (χ3v) is 6.20. The van der Waals surface area contributed by atoms with E-state index < -0.39 is 21.7 Å². The molecule has 1 atom stereocenters. The number of nitrogens with one attached hydrogen (secondary N) is 1. The number of alkyl halides is 3. The highest BCUT2D eigenvalue weighted by Crippen LogP contribution is 2.57. The average molecular weight is 369 g/mol. The van der Waals surface area contributed by atoms with Gasteiger partial charge < -0.3 is 10.1 Å². The molecule has 0 saturated heterocycles. The van der Waals surface area contributed by atoms with Crippen LogP contribution in [0.15, 0.2) is 0 Å². The molecule has 0 aromatic rings. The quantitative estimate of drug-likeness (QED) is 0.615. The maximum atomic E-state index is 12.2. The lowest BCUT2D eigenvalue weighted by Crippen LogP contribution is -2.58. The molecule has 1 N–H and O–H groups in total. The fraction of sp³-hybridized carbons (Fsp3) is 0.867. The van der Waals surface area contributed by atoms with Crippen molar-refractivity contribution in [3.05, 3.63) is 0 Å². The third kappa shape index (κ3) is 3.07. The highest BCUT2D eigenvalue weighted by Gasteiger charge is 2.53. The Labute approximate surface area is 145 Å². The first-order chi connectivity index (χ1) is 10.3. The molecular formula is C15H20Cl3NO3. The van der Waals surface area contributed by atoms with E-state index in [4.69, 9.17) is 39.5 Å². The number of esters is 1. The van der Waals surface area contributed by atoms with Gasteiger partial charge >= 0.3 is 5.97 Å². The van der Waals surface area contributed by atoms with Crippen LogP contribution >= 0.6 is 34.8 Å². The Morgan fingerprint density at radius 3 is 1.95 bits per heavy atom. The van der Waals surface area contributed by atoms with E-state index in [1.54, 1.807) is 0 Å². The molecule has 124 valence electrons. The van der Waals surface area contributed by atoms with Crippen molar-refractivity contribution in [1.82, 2.24) is 5.32 Å². The standard InChI is InChI=1S/C15H20Cl3NO3/c1-22-13(20)12(19-14(21)15(16,17)18)11-9-3-7-2-8(5-9)6-10(11)4-7/h7-12H,2-6H2,1H3,(H,19,21)/t7?,8?,9?,10?,11?,12-/m0/s1. The Balaban J connectivity index is 1.80. The van der Waals surface area contributed by atoms with E-state index in [1.165, 1.54) is 13.5 Å². The number of ether oxygens (including phenoxy) is 1. The van der Waals surface area contributed by atoms with Crippen LogP contribution in [0.5, 0.6) is 0 Å². The van der Waals surface area contributed by atoms with Crippen molar-refractivity contribution in [3.8, 4) is 0 Å². The van der Waals surface area contributed by atoms with Crippen molar-refractivity contribution >= 4 is 46.7 Å². The van der Waals surface area contributed by atoms with Gasteiger partial charge in [-0.15, -0.1) is 0 Å². The van der Waals surface area contributed by atoms with E-state index in [0.29, 0.717) is 11.8 Å². The molecule has 4 nitrogen and oxygen atoms in total. The molecule has 1 amide bonds. The van der Waals surface area contributed by atoms with Crippen molar-refractivity contribution in [2.24, 2.45) is 29.6 Å². The van der Waals surface area contributed by atoms with Crippen LogP contribution in [0.25, 0.3) is 0 Å². The number of methoxy groups -OCH3 is 1. The van der Waals surface area contributed by atoms with Crippen molar-refractivity contribution < 1.29 is 14.3 Å². The minimum atomic E-state index is -2.07. The topological polar surface area (TPSA) is 55.4 Å². The summed E-state index contributed by atoms with van der Waals surface area (Å²) in [5.41, 5.74) is 0. The maximum absolute atomic E-state index is 12.2. The molecule has 0 aliphatic heterocycles. The summed E-state index contributed by atoms with van der Waals surface area (Å²) in [6, 6.07) is -0.719. The van der Waals surface area contributed by atoms with Crippen LogP contribution in [0.1, 0.15) is 32.1 Å². The van der Waals surface area contributed by atoms with E-state index in [1.807, 2.05) is 0 Å². The molecule has 4 saturated carbocycles. The van der Waals surface area contributed by atoms with Gasteiger partial charge in [0.25, 0.3) is 9.70 Å². The molecule has 4 fully saturated rings. The molecule has 0 radical (unpaired) electrons. The Morgan fingerprint density at radius 1 is 1.05 bits per heavy atom. The molecule has 0 spiro atoms. The summed E-state index contributed by atoms with van der Waals surface area (Å²) < 4.78 is 2.83. The van der Waals surface area contributed by atoms with Gasteiger partial charge in [-0.2, -0.15) is 0 Å². The van der Waals surface area contributed by atoms with E-state index in [9.17, 15) is 9.59 Å². The van der Waals surface area contributed by atoms with E-state index in [2.05, 4.69) is 5.32 Å². The van der Waals surface area contributed by atoms with Gasteiger partial charge in [-0.3, -0.25) is 4.79 Å². The molecule has 4 bridgehead atoms. The fourth-order valence-corrected chi connectivity index (χ4v) is 5.34. The maximum Gasteiger partial charge on any atom is 0.328 e. The number of hydrogen-bond acceptors (Lipinski definition) is 3. The number of carbonyl (C=O) groups excluding carboxylic acids is 2. The van der Waals surface area contributed by atoms with Gasteiger partial charge in [0.15, 0.2) is 0 Å². The van der Waals surface area contributed by atoms with Crippen LogP contribution < -0.4 is 5.32 Å². The minimum absolute atomic E-state index is 0.0940. The smallest absolute Gasteiger partial charge is 0.328 e. The lowest BCUT2D eigenvalue weighted by Gasteiger charge is -2.55. The zero-order chi connectivity index (χ0) is 16.1. The lowest BCUT2D eigenvalue weighted by molar-refractivity contribution is -0.152. The van der Waals surface area contributed by atoms with Crippen LogP contribution in [0.4, 0.5) is 0 Å². The average Bonchev–Trinajstić information content (AvgIpc) is 2.42. The zero-order valence-electron chi connectivity index (χ0n) is 12.4. The minimum Gasteiger partial charge on any atom is -0.467 e. The van der Waals surface area contributed by atoms with Crippen LogP contribution in [-0.4, -0.2) is 28.8 Å². The predicted octanol–water partition coefficient (Wildman–Crippen LogP) is 3.09. The Bertz CT molecular complexity index is 449. The van der Waals surface area contributed by atoms with Crippen molar-refractivity contribution in [2.45, 2.75) is 41.9 Å². The van der Waals surface area contributed by atoms with E-state index in [0.717, 1.165) is 37.5 Å². The summed E-state index contributed by atoms with van der Waals surface area (Å²) in [5.74, 6) is 1.35. The van der Waals surface area contributed by atoms with Gasteiger partial charge in [0.2, 0.25) is 0 Å². The van der Waals surface area contributed by atoms with Crippen LogP contribution in [0, 0.1) is 29.6 Å². The van der Waals surface area contributed by atoms with Crippen LogP contribution in [0.3, 0.4) is 0 Å². The first-order valence-corrected chi connectivity index (χ1v) is 8.88. The number of hydrogen-bond donors (Lipinski definition) is 1. The monoisotopic (exact) mass is 367 g/mol. The Kier molecular flexibility index (Phi) is 4.56. The summed E-state index contributed by atoms with van der Waals surface area (Å²) in [5, 5.41) is 2.63. The normalized spacial score (nSPS) is 37.7. The van der Waals surface area contributed by atoms with E-state index >= 15 is 0 Å². The first-order valence-electron chi connectivity index (χ1n) is 7.75. The van der Waals surface area contributed by atoms with Gasteiger partial charge in [-0.25, -0.2) is 4.79 Å². The molecule has 0 heterocycles. The summed E-state index contributed by atoms with van der Waals surface area (Å²) in [6.07, 6.45) is 5.86. The molecule has 0 aromatic heterocycles. The lowest BCUT2D eigenvalue weighted by atomic mass is 9.50. The number of amides is 1. The van der Waals surface area contributed by atoms with E-state index in [-0.39, 0.29) is 5.92 Å². The fourth-order valence-electron chi connectivity index (χ4n) is 5.17. The van der Waals surface area contributed by atoms with Crippen LogP contribution in [-0.2, 0) is 14.3 Å². The molecule has 4 aliphatic rings. The van der Waals surface area contributed by atoms with Gasteiger partial charge in [0.05, 0.1) is 7.11 Å². The second-order valence-corrected chi connectivity index (χ2v) is 9.26. The van der Waals surface area contributed by atoms with Crippen molar-refractivity contribution in [1.29, 1.82) is 0 Å². The SMILES string of the molecule is COC(=O)[C@@H](NC(=O)C(Cl)(Cl)Cl)C1C2CC3CC(C2)CC1C3.